The highest BCUT2D eigenvalue weighted by atomic mass is 14.9. The van der Waals surface area contributed by atoms with Gasteiger partial charge in [-0.15, -0.1) is 0 Å². The van der Waals surface area contributed by atoms with E-state index in [9.17, 15) is 5.26 Å². The van der Waals surface area contributed by atoms with Gasteiger partial charge in [0, 0.05) is 29.5 Å². The maximum Gasteiger partial charge on any atom is 0.0955 e. The Hall–Kier alpha value is -1.76. The molecule has 0 fully saturated rings. The molecule has 0 aromatic carbocycles. The molecule has 0 radical (unpaired) electrons. The van der Waals surface area contributed by atoms with Gasteiger partial charge < -0.3 is 0 Å². The van der Waals surface area contributed by atoms with Gasteiger partial charge in [-0.25, -0.2) is 0 Å². The van der Waals surface area contributed by atoms with Crippen LogP contribution in [0.1, 0.15) is 40.0 Å². The van der Waals surface area contributed by atoms with Crippen molar-refractivity contribution in [3.8, 4) is 6.07 Å². The number of aliphatic imine (C=N–C) groups is 3. The van der Waals surface area contributed by atoms with Crippen molar-refractivity contribution in [2.45, 2.75) is 46.1 Å². The van der Waals surface area contributed by atoms with Crippen LogP contribution in [-0.2, 0) is 0 Å². The molecule has 0 aromatic heterocycles. The highest BCUT2D eigenvalue weighted by Gasteiger charge is 2.27. The lowest BCUT2D eigenvalue weighted by Gasteiger charge is -2.26. The van der Waals surface area contributed by atoms with E-state index in [2.05, 4.69) is 36.8 Å². The first kappa shape index (κ1) is 14.6. The minimum Gasteiger partial charge on any atom is -0.289 e. The molecule has 1 unspecified atom stereocenters. The smallest absolute Gasteiger partial charge is 0.0955 e. The second kappa shape index (κ2) is 6.60. The van der Waals surface area contributed by atoms with Crippen molar-refractivity contribution in [3.63, 3.8) is 0 Å². The van der Waals surface area contributed by atoms with Gasteiger partial charge in [0.25, 0.3) is 0 Å². The average molecular weight is 270 g/mol. The number of allylic oxidation sites excluding steroid dienone is 1. The Balaban J connectivity index is 2.43. The first-order valence-electron chi connectivity index (χ1n) is 7.42. The van der Waals surface area contributed by atoms with Gasteiger partial charge in [-0.3, -0.25) is 15.0 Å². The van der Waals surface area contributed by atoms with Crippen LogP contribution in [0.25, 0.3) is 0 Å². The predicted molar refractivity (Wildman–Crippen MR) is 83.9 cm³/mol. The van der Waals surface area contributed by atoms with Crippen molar-refractivity contribution < 1.29 is 0 Å². The van der Waals surface area contributed by atoms with Crippen molar-refractivity contribution in [3.05, 3.63) is 11.1 Å². The molecule has 1 atom stereocenters. The summed E-state index contributed by atoms with van der Waals surface area (Å²) in [5, 5.41) is 9.52. The lowest BCUT2D eigenvalue weighted by Crippen LogP contribution is -2.28. The molecular weight excluding hydrogens is 248 g/mol. The summed E-state index contributed by atoms with van der Waals surface area (Å²) in [5.41, 5.74) is 3.67. The summed E-state index contributed by atoms with van der Waals surface area (Å²) in [6.07, 6.45) is 4.45. The minimum absolute atomic E-state index is 0.219. The molecule has 0 saturated carbocycles. The summed E-state index contributed by atoms with van der Waals surface area (Å²) in [7, 11) is 0. The molecule has 2 aliphatic heterocycles. The number of nitrogens with zero attached hydrogens (tertiary/aromatic N) is 4. The van der Waals surface area contributed by atoms with Crippen LogP contribution >= 0.6 is 0 Å². The minimum atomic E-state index is 0.219. The summed E-state index contributed by atoms with van der Waals surface area (Å²) < 4.78 is 0. The van der Waals surface area contributed by atoms with Crippen LogP contribution in [-0.4, -0.2) is 36.8 Å². The van der Waals surface area contributed by atoms with E-state index in [4.69, 9.17) is 4.99 Å². The van der Waals surface area contributed by atoms with E-state index in [0.29, 0.717) is 12.5 Å². The normalized spacial score (nSPS) is 22.6. The van der Waals surface area contributed by atoms with Gasteiger partial charge in [-0.1, -0.05) is 27.2 Å². The Labute approximate surface area is 121 Å². The van der Waals surface area contributed by atoms with Gasteiger partial charge in [0.15, 0.2) is 0 Å². The average Bonchev–Trinajstić information content (AvgIpc) is 2.47. The number of rotatable bonds is 4. The monoisotopic (exact) mass is 270 g/mol. The summed E-state index contributed by atoms with van der Waals surface area (Å²) in [5.74, 6) is 0.453. The van der Waals surface area contributed by atoms with Crippen molar-refractivity contribution in [1.82, 2.24) is 0 Å². The van der Waals surface area contributed by atoms with Gasteiger partial charge in [-0.2, -0.15) is 5.26 Å². The molecule has 0 N–H and O–H groups in total. The molecule has 2 aliphatic rings. The second-order valence-electron chi connectivity index (χ2n) is 5.61. The molecule has 2 heterocycles. The topological polar surface area (TPSA) is 60.9 Å². The molecule has 4 heteroatoms. The molecule has 2 rings (SSSR count). The standard InChI is InChI=1S/C16H22N4/c1-4-5-13-16(15-10-18-6-7-19-15)12(9-17)8-14(20-13)11(2)3/h10-11,14H,4-8H2,1-3H3. The zero-order valence-electron chi connectivity index (χ0n) is 12.6. The third kappa shape index (κ3) is 3.04. The molecule has 106 valence electrons. The third-order valence-corrected chi connectivity index (χ3v) is 3.70. The van der Waals surface area contributed by atoms with Crippen LogP contribution in [0.4, 0.5) is 0 Å². The van der Waals surface area contributed by atoms with Gasteiger partial charge >= 0.3 is 0 Å². The van der Waals surface area contributed by atoms with Crippen molar-refractivity contribution >= 4 is 17.6 Å². The van der Waals surface area contributed by atoms with E-state index in [1.54, 1.807) is 6.21 Å². The highest BCUT2D eigenvalue weighted by Crippen LogP contribution is 2.27. The van der Waals surface area contributed by atoms with E-state index in [-0.39, 0.29) is 6.04 Å². The maximum atomic E-state index is 9.52. The van der Waals surface area contributed by atoms with E-state index in [1.165, 1.54) is 0 Å². The Morgan fingerprint density at radius 2 is 2.20 bits per heavy atom. The number of dihydropyridines is 1. The molecule has 4 nitrogen and oxygen atoms in total. The first-order valence-corrected chi connectivity index (χ1v) is 7.42. The van der Waals surface area contributed by atoms with Crippen LogP contribution in [0.5, 0.6) is 0 Å². The fourth-order valence-corrected chi connectivity index (χ4v) is 2.57. The fourth-order valence-electron chi connectivity index (χ4n) is 2.57. The van der Waals surface area contributed by atoms with E-state index in [1.807, 2.05) is 0 Å². The molecule has 0 saturated heterocycles. The van der Waals surface area contributed by atoms with Crippen LogP contribution in [0, 0.1) is 17.2 Å². The molecule has 20 heavy (non-hydrogen) atoms. The Bertz CT molecular complexity index is 529. The van der Waals surface area contributed by atoms with Gasteiger partial charge in [0.1, 0.15) is 0 Å². The zero-order chi connectivity index (χ0) is 14.5. The third-order valence-electron chi connectivity index (χ3n) is 3.70. The Morgan fingerprint density at radius 1 is 1.40 bits per heavy atom. The number of nitriles is 1. The summed E-state index contributed by atoms with van der Waals surface area (Å²) in [6.45, 7) is 7.92. The SMILES string of the molecule is CCCC1=NC(C(C)C)CC(C#N)=C1C1=NCCN=C1. The lowest BCUT2D eigenvalue weighted by atomic mass is 9.86. The van der Waals surface area contributed by atoms with Crippen LogP contribution < -0.4 is 0 Å². The Kier molecular flexibility index (Phi) is 4.84. The molecular formula is C16H22N4. The van der Waals surface area contributed by atoms with E-state index >= 15 is 0 Å². The van der Waals surface area contributed by atoms with Crippen LogP contribution in [0.15, 0.2) is 26.1 Å². The van der Waals surface area contributed by atoms with Gasteiger partial charge in [0.2, 0.25) is 0 Å². The van der Waals surface area contributed by atoms with E-state index in [0.717, 1.165) is 48.4 Å². The summed E-state index contributed by atoms with van der Waals surface area (Å²) >= 11 is 0. The largest absolute Gasteiger partial charge is 0.289 e. The van der Waals surface area contributed by atoms with Crippen molar-refractivity contribution in [2.24, 2.45) is 20.9 Å². The molecule has 0 bridgehead atoms. The van der Waals surface area contributed by atoms with Gasteiger partial charge in [0.05, 0.1) is 30.9 Å². The van der Waals surface area contributed by atoms with E-state index < -0.39 is 0 Å². The molecule has 0 aromatic rings. The first-order chi connectivity index (χ1) is 9.67. The maximum absolute atomic E-state index is 9.52. The predicted octanol–water partition coefficient (Wildman–Crippen LogP) is 3.00. The zero-order valence-corrected chi connectivity index (χ0v) is 12.6. The van der Waals surface area contributed by atoms with Crippen molar-refractivity contribution in [2.75, 3.05) is 13.1 Å². The second-order valence-corrected chi connectivity index (χ2v) is 5.61. The summed E-state index contributed by atoms with van der Waals surface area (Å²) in [6, 6.07) is 2.60. The number of hydrogen-bond acceptors (Lipinski definition) is 4. The lowest BCUT2D eigenvalue weighted by molar-refractivity contribution is 0.490. The van der Waals surface area contributed by atoms with Crippen LogP contribution in [0.2, 0.25) is 0 Å². The van der Waals surface area contributed by atoms with Crippen molar-refractivity contribution in [1.29, 1.82) is 5.26 Å². The molecule has 0 aliphatic carbocycles. The Morgan fingerprint density at radius 3 is 2.75 bits per heavy atom. The van der Waals surface area contributed by atoms with Gasteiger partial charge in [-0.05, 0) is 12.3 Å². The quantitative estimate of drug-likeness (QED) is 0.774. The molecule has 0 spiro atoms. The summed E-state index contributed by atoms with van der Waals surface area (Å²) in [4.78, 5) is 13.7. The number of hydrogen-bond donors (Lipinski definition) is 0. The fraction of sp³-hybridized carbons (Fsp3) is 0.625. The highest BCUT2D eigenvalue weighted by molar-refractivity contribution is 6.47. The molecule has 0 amide bonds. The van der Waals surface area contributed by atoms with Crippen LogP contribution in [0.3, 0.4) is 0 Å².